The average Bonchev–Trinajstić information content (AvgIpc) is 3.48. The van der Waals surface area contributed by atoms with E-state index < -0.39 is 28.4 Å². The smallest absolute Gasteiger partial charge is 0.295 e. The number of carbonyl (C=O) groups is 2. The molecule has 10 nitrogen and oxygen atoms in total. The monoisotopic (exact) mass is 527 g/mol. The molecule has 10 heteroatoms. The molecule has 1 aliphatic rings. The molecular formula is C29H25N3O7. The molecule has 2 N–H and O–H groups in total. The van der Waals surface area contributed by atoms with Crippen LogP contribution in [0.2, 0.25) is 0 Å². The first kappa shape index (κ1) is 25.5. The summed E-state index contributed by atoms with van der Waals surface area (Å²) in [6.45, 7) is 0.178. The fourth-order valence-corrected chi connectivity index (χ4v) is 4.90. The lowest BCUT2D eigenvalue weighted by Gasteiger charge is -2.25. The first-order valence-corrected chi connectivity index (χ1v) is 12.1. The second-order valence-corrected chi connectivity index (χ2v) is 9.05. The van der Waals surface area contributed by atoms with Gasteiger partial charge in [0, 0.05) is 41.3 Å². The van der Waals surface area contributed by atoms with Crippen LogP contribution in [0, 0.1) is 10.1 Å². The normalized spacial score (nSPS) is 16.6. The maximum atomic E-state index is 13.3. The molecule has 39 heavy (non-hydrogen) atoms. The van der Waals surface area contributed by atoms with Gasteiger partial charge in [0.15, 0.2) is 0 Å². The molecule has 1 atom stereocenters. The van der Waals surface area contributed by atoms with Gasteiger partial charge in [0.2, 0.25) is 0 Å². The van der Waals surface area contributed by atoms with Crippen LogP contribution in [0.25, 0.3) is 16.7 Å². The van der Waals surface area contributed by atoms with Crippen molar-refractivity contribution in [3.05, 3.63) is 105 Å². The number of amides is 1. The molecule has 198 valence electrons. The van der Waals surface area contributed by atoms with E-state index in [9.17, 15) is 24.8 Å². The molecule has 1 amide bonds. The van der Waals surface area contributed by atoms with Gasteiger partial charge in [-0.1, -0.05) is 24.3 Å². The van der Waals surface area contributed by atoms with Gasteiger partial charge in [0.05, 0.1) is 30.8 Å². The van der Waals surface area contributed by atoms with Crippen molar-refractivity contribution >= 4 is 34.0 Å². The van der Waals surface area contributed by atoms with E-state index in [0.29, 0.717) is 23.5 Å². The lowest BCUT2D eigenvalue weighted by atomic mass is 9.95. The van der Waals surface area contributed by atoms with Crippen LogP contribution in [-0.4, -0.2) is 52.4 Å². The number of nitro benzene ring substituents is 1. The summed E-state index contributed by atoms with van der Waals surface area (Å²) in [6.07, 6.45) is 2.27. The van der Waals surface area contributed by atoms with Gasteiger partial charge < -0.3 is 24.5 Å². The molecule has 0 unspecified atom stereocenters. The number of Topliss-reactive ketones (excluding diaryl/α,β-unsaturated/α-hetero) is 1. The van der Waals surface area contributed by atoms with E-state index in [1.807, 2.05) is 24.4 Å². The Kier molecular flexibility index (Phi) is 6.76. The van der Waals surface area contributed by atoms with Crippen molar-refractivity contribution in [1.82, 2.24) is 9.88 Å². The van der Waals surface area contributed by atoms with Crippen LogP contribution in [0.5, 0.6) is 11.5 Å². The summed E-state index contributed by atoms with van der Waals surface area (Å²) >= 11 is 0. The highest BCUT2D eigenvalue weighted by Gasteiger charge is 2.46. The fourth-order valence-electron chi connectivity index (χ4n) is 4.90. The van der Waals surface area contributed by atoms with Crippen LogP contribution in [0.3, 0.4) is 0 Å². The second-order valence-electron chi connectivity index (χ2n) is 9.05. The molecule has 0 spiro atoms. The zero-order chi connectivity index (χ0) is 27.7. The van der Waals surface area contributed by atoms with Gasteiger partial charge in [0.25, 0.3) is 17.4 Å². The third-order valence-electron chi connectivity index (χ3n) is 6.90. The van der Waals surface area contributed by atoms with Gasteiger partial charge in [-0.25, -0.2) is 0 Å². The molecule has 1 aromatic heterocycles. The number of rotatable bonds is 8. The number of ether oxygens (including phenoxy) is 2. The number of hydrogen-bond acceptors (Lipinski definition) is 7. The van der Waals surface area contributed by atoms with Gasteiger partial charge in [-0.3, -0.25) is 19.7 Å². The number of aromatic amines is 1. The Morgan fingerprint density at radius 1 is 1.03 bits per heavy atom. The lowest BCUT2D eigenvalue weighted by molar-refractivity contribution is -0.384. The standard InChI is InChI=1S/C29H25N3O7/c1-38-21-8-6-17(7-9-21)26-25(27(33)18-4-3-5-20(14-18)32(36)37)28(34)29(35)31(26)13-12-19-16-30-24-11-10-22(39-2)15-23(19)24/h3-11,14-16,26,30,33H,12-13H2,1-2H3/t26-/m0/s1. The van der Waals surface area contributed by atoms with E-state index in [0.717, 1.165) is 16.5 Å². The Hall–Kier alpha value is -5.12. The third kappa shape index (κ3) is 4.68. The van der Waals surface area contributed by atoms with Crippen molar-refractivity contribution in [2.24, 2.45) is 0 Å². The van der Waals surface area contributed by atoms with Crippen LogP contribution in [0.4, 0.5) is 5.69 Å². The summed E-state index contributed by atoms with van der Waals surface area (Å²) in [7, 11) is 3.11. The summed E-state index contributed by atoms with van der Waals surface area (Å²) in [4.78, 5) is 42.0. The minimum Gasteiger partial charge on any atom is -0.507 e. The summed E-state index contributed by atoms with van der Waals surface area (Å²) in [5, 5.41) is 23.5. The number of carbonyl (C=O) groups excluding carboxylic acids is 2. The van der Waals surface area contributed by atoms with E-state index in [1.165, 1.54) is 36.3 Å². The number of ketones is 1. The average molecular weight is 528 g/mol. The number of hydrogen-bond donors (Lipinski definition) is 2. The van der Waals surface area contributed by atoms with Crippen LogP contribution < -0.4 is 9.47 Å². The van der Waals surface area contributed by atoms with Crippen molar-refractivity contribution in [3.63, 3.8) is 0 Å². The third-order valence-corrected chi connectivity index (χ3v) is 6.90. The molecule has 1 fully saturated rings. The Balaban J connectivity index is 1.57. The largest absolute Gasteiger partial charge is 0.507 e. The molecule has 2 heterocycles. The zero-order valence-corrected chi connectivity index (χ0v) is 21.2. The maximum absolute atomic E-state index is 13.3. The highest BCUT2D eigenvalue weighted by atomic mass is 16.6. The SMILES string of the molecule is COc1ccc([C@H]2C(=C(O)c3cccc([N+](=O)[O-])c3)C(=O)C(=O)N2CCc2c[nH]c3ccc(OC)cc23)cc1. The van der Waals surface area contributed by atoms with E-state index >= 15 is 0 Å². The summed E-state index contributed by atoms with van der Waals surface area (Å²) in [6, 6.07) is 16.9. The second kappa shape index (κ2) is 10.3. The Bertz CT molecular complexity index is 1620. The summed E-state index contributed by atoms with van der Waals surface area (Å²) < 4.78 is 10.6. The Labute approximate surface area is 223 Å². The van der Waals surface area contributed by atoms with Gasteiger partial charge in [-0.05, 0) is 47.9 Å². The molecule has 4 aromatic rings. The minimum atomic E-state index is -0.907. The van der Waals surface area contributed by atoms with Crippen LogP contribution in [0.15, 0.2) is 78.5 Å². The first-order chi connectivity index (χ1) is 18.8. The van der Waals surface area contributed by atoms with Crippen molar-refractivity contribution in [2.75, 3.05) is 20.8 Å². The quantitative estimate of drug-likeness (QED) is 0.111. The summed E-state index contributed by atoms with van der Waals surface area (Å²) in [5.41, 5.74) is 2.12. The molecule has 0 saturated carbocycles. The van der Waals surface area contributed by atoms with Gasteiger partial charge >= 0.3 is 0 Å². The van der Waals surface area contributed by atoms with E-state index in [4.69, 9.17) is 9.47 Å². The number of aliphatic hydroxyl groups excluding tert-OH is 1. The van der Waals surface area contributed by atoms with E-state index in [1.54, 1.807) is 31.4 Å². The maximum Gasteiger partial charge on any atom is 0.295 e. The van der Waals surface area contributed by atoms with Crippen molar-refractivity contribution in [2.45, 2.75) is 12.5 Å². The van der Waals surface area contributed by atoms with Crippen molar-refractivity contribution < 1.29 is 29.1 Å². The number of nitrogens with zero attached hydrogens (tertiary/aromatic N) is 2. The number of benzene rings is 3. The molecule has 1 aliphatic heterocycles. The fraction of sp³-hybridized carbons (Fsp3) is 0.172. The van der Waals surface area contributed by atoms with E-state index in [-0.39, 0.29) is 23.4 Å². The Morgan fingerprint density at radius 2 is 1.74 bits per heavy atom. The molecule has 0 bridgehead atoms. The van der Waals surface area contributed by atoms with Gasteiger partial charge in [-0.2, -0.15) is 0 Å². The number of nitro groups is 1. The predicted molar refractivity (Wildman–Crippen MR) is 144 cm³/mol. The number of H-pyrrole nitrogens is 1. The first-order valence-electron chi connectivity index (χ1n) is 12.1. The van der Waals surface area contributed by atoms with Crippen molar-refractivity contribution in [1.29, 1.82) is 0 Å². The number of fused-ring (bicyclic) bond motifs is 1. The molecule has 0 radical (unpaired) electrons. The number of likely N-dealkylation sites (tertiary alicyclic amines) is 1. The van der Waals surface area contributed by atoms with Crippen LogP contribution >= 0.6 is 0 Å². The molecule has 5 rings (SSSR count). The number of nitrogens with one attached hydrogen (secondary N) is 1. The predicted octanol–water partition coefficient (Wildman–Crippen LogP) is 4.76. The molecule has 3 aromatic carbocycles. The highest BCUT2D eigenvalue weighted by molar-refractivity contribution is 6.46. The number of methoxy groups -OCH3 is 2. The number of aliphatic hydroxyl groups is 1. The number of aromatic nitrogens is 1. The van der Waals surface area contributed by atoms with Crippen LogP contribution in [-0.2, 0) is 16.0 Å². The zero-order valence-electron chi connectivity index (χ0n) is 21.2. The summed E-state index contributed by atoms with van der Waals surface area (Å²) in [5.74, 6) is -0.820. The topological polar surface area (TPSA) is 135 Å². The lowest BCUT2D eigenvalue weighted by Crippen LogP contribution is -2.31. The molecule has 0 aliphatic carbocycles. The minimum absolute atomic E-state index is 0.0736. The van der Waals surface area contributed by atoms with Crippen molar-refractivity contribution in [3.8, 4) is 11.5 Å². The Morgan fingerprint density at radius 3 is 2.44 bits per heavy atom. The van der Waals surface area contributed by atoms with Gasteiger partial charge in [0.1, 0.15) is 17.3 Å². The highest BCUT2D eigenvalue weighted by Crippen LogP contribution is 2.40. The number of non-ortho nitro benzene ring substituents is 1. The molecule has 1 saturated heterocycles. The van der Waals surface area contributed by atoms with E-state index in [2.05, 4.69) is 4.98 Å². The van der Waals surface area contributed by atoms with Crippen LogP contribution in [0.1, 0.15) is 22.7 Å². The molecular weight excluding hydrogens is 502 g/mol. The van der Waals surface area contributed by atoms with Gasteiger partial charge in [-0.15, -0.1) is 0 Å².